The summed E-state index contributed by atoms with van der Waals surface area (Å²) in [6.07, 6.45) is -0.734. The molecule has 1 saturated heterocycles. The molecule has 33 heavy (non-hydrogen) atoms. The lowest BCUT2D eigenvalue weighted by molar-refractivity contribution is -0.168. The van der Waals surface area contributed by atoms with Crippen molar-refractivity contribution in [2.45, 2.75) is 17.6 Å². The number of benzene rings is 3. The van der Waals surface area contributed by atoms with Gasteiger partial charge in [0.25, 0.3) is 0 Å². The molecule has 6 heteroatoms. The van der Waals surface area contributed by atoms with Crippen LogP contribution >= 0.6 is 22.6 Å². The Morgan fingerprint density at radius 2 is 1.36 bits per heavy atom. The van der Waals surface area contributed by atoms with Crippen LogP contribution in [0.3, 0.4) is 0 Å². The van der Waals surface area contributed by atoms with Crippen molar-refractivity contribution in [2.75, 3.05) is 19.1 Å². The molecular formula is C27H22INO4. The van der Waals surface area contributed by atoms with Gasteiger partial charge >= 0.3 is 0 Å². The summed E-state index contributed by atoms with van der Waals surface area (Å²) in [6, 6.07) is 23.8. The van der Waals surface area contributed by atoms with E-state index in [0.717, 1.165) is 25.8 Å². The molecule has 1 fully saturated rings. The monoisotopic (exact) mass is 551 g/mol. The summed E-state index contributed by atoms with van der Waals surface area (Å²) in [5.74, 6) is -1.68. The molecule has 2 atom stereocenters. The summed E-state index contributed by atoms with van der Waals surface area (Å²) in [7, 11) is 3.20. The van der Waals surface area contributed by atoms with E-state index in [1.807, 2.05) is 48.5 Å². The SMILES string of the molecule is COC(OC)C12c3ccccc3C(c3ccccc31)[C@@H]1C(=O)N(c3ccc(I)cc3)C(=O)[C@@H]12. The Morgan fingerprint density at radius 1 is 0.818 bits per heavy atom. The van der Waals surface area contributed by atoms with E-state index in [2.05, 4.69) is 46.9 Å². The largest absolute Gasteiger partial charge is 0.355 e. The van der Waals surface area contributed by atoms with Crippen molar-refractivity contribution in [3.63, 3.8) is 0 Å². The van der Waals surface area contributed by atoms with E-state index in [1.54, 1.807) is 14.2 Å². The molecule has 5 nitrogen and oxygen atoms in total. The third-order valence-corrected chi connectivity index (χ3v) is 8.29. The maximum absolute atomic E-state index is 14.2. The van der Waals surface area contributed by atoms with Crippen LogP contribution in [-0.4, -0.2) is 32.3 Å². The number of ether oxygens (including phenoxy) is 2. The van der Waals surface area contributed by atoms with Crippen LogP contribution in [-0.2, 0) is 24.5 Å². The first kappa shape index (κ1) is 21.0. The van der Waals surface area contributed by atoms with Gasteiger partial charge in [0.15, 0.2) is 6.29 Å². The molecule has 166 valence electrons. The average Bonchev–Trinajstić information content (AvgIpc) is 3.12. The van der Waals surface area contributed by atoms with Crippen LogP contribution in [0.15, 0.2) is 72.8 Å². The standard InChI is InChI=1S/C27H22INO4/c1-32-26(33-2)27-19-9-5-3-7-17(19)21(18-8-4-6-10-20(18)27)22-23(27)25(31)29(24(22)30)16-13-11-15(28)12-14-16/h3-14,21-23,26H,1-2H3/t21?,22-,23+,27?/m0/s1. The zero-order valence-electron chi connectivity index (χ0n) is 18.2. The highest BCUT2D eigenvalue weighted by molar-refractivity contribution is 14.1. The summed E-state index contributed by atoms with van der Waals surface area (Å²) in [5, 5.41) is 0. The first-order chi connectivity index (χ1) is 16.1. The van der Waals surface area contributed by atoms with Gasteiger partial charge in [0.2, 0.25) is 11.8 Å². The molecule has 0 saturated carbocycles. The number of halogens is 1. The van der Waals surface area contributed by atoms with Crippen LogP contribution in [0, 0.1) is 15.4 Å². The van der Waals surface area contributed by atoms with Crippen molar-refractivity contribution in [1.29, 1.82) is 0 Å². The van der Waals surface area contributed by atoms with Crippen LogP contribution in [0.5, 0.6) is 0 Å². The smallest absolute Gasteiger partial charge is 0.239 e. The second kappa shape index (κ2) is 7.48. The molecule has 4 aliphatic rings. The van der Waals surface area contributed by atoms with Crippen molar-refractivity contribution in [1.82, 2.24) is 0 Å². The third-order valence-electron chi connectivity index (χ3n) is 7.57. The first-order valence-electron chi connectivity index (χ1n) is 10.9. The van der Waals surface area contributed by atoms with Gasteiger partial charge in [-0.05, 0) is 69.1 Å². The molecule has 3 aromatic carbocycles. The van der Waals surface area contributed by atoms with Gasteiger partial charge in [-0.1, -0.05) is 48.5 Å². The van der Waals surface area contributed by atoms with Crippen LogP contribution in [0.4, 0.5) is 5.69 Å². The minimum absolute atomic E-state index is 0.157. The zero-order valence-corrected chi connectivity index (χ0v) is 20.4. The highest BCUT2D eigenvalue weighted by Gasteiger charge is 2.71. The number of nitrogens with zero attached hydrogens (tertiary/aromatic N) is 1. The van der Waals surface area contributed by atoms with Crippen molar-refractivity contribution >= 4 is 40.1 Å². The highest BCUT2D eigenvalue weighted by Crippen LogP contribution is 2.65. The molecule has 2 amide bonds. The number of hydrogen-bond donors (Lipinski definition) is 0. The van der Waals surface area contributed by atoms with Crippen LogP contribution < -0.4 is 4.90 Å². The quantitative estimate of drug-likeness (QED) is 0.273. The molecule has 0 unspecified atom stereocenters. The Kier molecular flexibility index (Phi) is 4.76. The minimum atomic E-state index is -0.930. The summed E-state index contributed by atoms with van der Waals surface area (Å²) in [4.78, 5) is 29.6. The Labute approximate surface area is 205 Å². The fourth-order valence-corrected chi connectivity index (χ4v) is 6.90. The van der Waals surface area contributed by atoms with E-state index in [4.69, 9.17) is 9.47 Å². The van der Waals surface area contributed by atoms with E-state index < -0.39 is 23.5 Å². The van der Waals surface area contributed by atoms with Crippen molar-refractivity contribution < 1.29 is 19.1 Å². The molecule has 0 N–H and O–H groups in total. The van der Waals surface area contributed by atoms with Crippen molar-refractivity contribution in [3.8, 4) is 0 Å². The number of imide groups is 1. The summed E-state index contributed by atoms with van der Waals surface area (Å²) < 4.78 is 12.9. The number of carbonyl (C=O) groups is 2. The number of carbonyl (C=O) groups excluding carboxylic acids is 2. The van der Waals surface area contributed by atoms with Crippen LogP contribution in [0.2, 0.25) is 0 Å². The number of hydrogen-bond acceptors (Lipinski definition) is 4. The molecule has 0 aromatic heterocycles. The molecule has 1 aliphatic heterocycles. The minimum Gasteiger partial charge on any atom is -0.355 e. The summed E-state index contributed by atoms with van der Waals surface area (Å²) >= 11 is 2.22. The lowest BCUT2D eigenvalue weighted by atomic mass is 9.47. The molecule has 3 aliphatic carbocycles. The Hall–Kier alpha value is -2.55. The molecular weight excluding hydrogens is 529 g/mol. The van der Waals surface area contributed by atoms with Crippen LogP contribution in [0.25, 0.3) is 0 Å². The van der Waals surface area contributed by atoms with Gasteiger partial charge in [-0.3, -0.25) is 9.59 Å². The van der Waals surface area contributed by atoms with E-state index >= 15 is 0 Å². The van der Waals surface area contributed by atoms with Gasteiger partial charge in [-0.25, -0.2) is 4.90 Å². The van der Waals surface area contributed by atoms with E-state index in [9.17, 15) is 9.59 Å². The van der Waals surface area contributed by atoms with Gasteiger partial charge in [0.05, 0.1) is 22.9 Å². The molecule has 2 bridgehead atoms. The predicted molar refractivity (Wildman–Crippen MR) is 132 cm³/mol. The van der Waals surface area contributed by atoms with Gasteiger partial charge in [0.1, 0.15) is 0 Å². The van der Waals surface area contributed by atoms with Gasteiger partial charge < -0.3 is 9.47 Å². The fraction of sp³-hybridized carbons (Fsp3) is 0.259. The maximum atomic E-state index is 14.2. The number of amides is 2. The molecule has 0 spiro atoms. The molecule has 3 aromatic rings. The normalized spacial score (nSPS) is 27.0. The lowest BCUT2D eigenvalue weighted by Gasteiger charge is -2.56. The van der Waals surface area contributed by atoms with E-state index in [-0.39, 0.29) is 17.7 Å². The zero-order chi connectivity index (χ0) is 22.9. The first-order valence-corrected chi connectivity index (χ1v) is 12.0. The molecule has 1 heterocycles. The second-order valence-electron chi connectivity index (χ2n) is 8.82. The fourth-order valence-electron chi connectivity index (χ4n) is 6.54. The van der Waals surface area contributed by atoms with Crippen molar-refractivity contribution in [3.05, 3.63) is 98.6 Å². The van der Waals surface area contributed by atoms with E-state index in [0.29, 0.717) is 5.69 Å². The Balaban J connectivity index is 1.67. The van der Waals surface area contributed by atoms with Crippen molar-refractivity contribution in [2.24, 2.45) is 11.8 Å². The predicted octanol–water partition coefficient (Wildman–Crippen LogP) is 4.46. The number of rotatable bonds is 4. The third kappa shape index (κ3) is 2.54. The summed E-state index contributed by atoms with van der Waals surface area (Å²) in [6.45, 7) is 0. The number of anilines is 1. The average molecular weight is 551 g/mol. The Bertz CT molecular complexity index is 1240. The molecule has 7 rings (SSSR count). The van der Waals surface area contributed by atoms with Gasteiger partial charge in [-0.15, -0.1) is 0 Å². The number of methoxy groups -OCH3 is 2. The van der Waals surface area contributed by atoms with Gasteiger partial charge in [-0.2, -0.15) is 0 Å². The van der Waals surface area contributed by atoms with E-state index in [1.165, 1.54) is 4.90 Å². The second-order valence-corrected chi connectivity index (χ2v) is 10.1. The Morgan fingerprint density at radius 3 is 1.91 bits per heavy atom. The molecule has 0 radical (unpaired) electrons. The lowest BCUT2D eigenvalue weighted by Crippen LogP contribution is -2.60. The van der Waals surface area contributed by atoms with Crippen LogP contribution in [0.1, 0.15) is 28.2 Å². The van der Waals surface area contributed by atoms with Gasteiger partial charge in [0, 0.05) is 23.7 Å². The highest BCUT2D eigenvalue weighted by atomic mass is 127. The summed E-state index contributed by atoms with van der Waals surface area (Å²) in [5.41, 5.74) is 3.84. The topological polar surface area (TPSA) is 55.8 Å². The maximum Gasteiger partial charge on any atom is 0.239 e.